The molecule has 6 heteroatoms. The molecule has 0 bridgehead atoms. The number of nitrogens with zero attached hydrogens (tertiary/aromatic N) is 2. The van der Waals surface area contributed by atoms with Crippen LogP contribution in [0.5, 0.6) is 11.6 Å². The van der Waals surface area contributed by atoms with E-state index in [1.54, 1.807) is 30.3 Å². The second-order valence-electron chi connectivity index (χ2n) is 6.39. The first-order chi connectivity index (χ1) is 12.7. The number of carbonyl (C=O) groups excluding carboxylic acids is 1. The molecule has 3 rings (SSSR count). The van der Waals surface area contributed by atoms with E-state index >= 15 is 0 Å². The van der Waals surface area contributed by atoms with Gasteiger partial charge in [-0.15, -0.1) is 0 Å². The van der Waals surface area contributed by atoms with Crippen LogP contribution in [-0.2, 0) is 11.3 Å². The molecule has 1 saturated heterocycles. The summed E-state index contributed by atoms with van der Waals surface area (Å²) in [5, 5.41) is 0. The number of ether oxygens (including phenoxy) is 3. The Morgan fingerprint density at radius 2 is 2.04 bits per heavy atom. The molecule has 0 aliphatic carbocycles. The first-order valence-corrected chi connectivity index (χ1v) is 8.79. The van der Waals surface area contributed by atoms with Crippen LogP contribution >= 0.6 is 0 Å². The average Bonchev–Trinajstić information content (AvgIpc) is 2.68. The number of hydrogen-bond acceptors (Lipinski definition) is 5. The smallest absolute Gasteiger partial charge is 0.410 e. The zero-order valence-electron chi connectivity index (χ0n) is 15.1. The van der Waals surface area contributed by atoms with Crippen molar-refractivity contribution in [3.8, 4) is 11.6 Å². The molecule has 0 spiro atoms. The Kier molecular flexibility index (Phi) is 5.94. The summed E-state index contributed by atoms with van der Waals surface area (Å²) in [4.78, 5) is 18.4. The van der Waals surface area contributed by atoms with Crippen LogP contribution in [0.3, 0.4) is 0 Å². The van der Waals surface area contributed by atoms with E-state index in [1.807, 2.05) is 37.3 Å². The van der Waals surface area contributed by atoms with Crippen LogP contribution in [0.4, 0.5) is 4.79 Å². The fourth-order valence-corrected chi connectivity index (χ4v) is 2.98. The molecule has 1 aliphatic rings. The van der Waals surface area contributed by atoms with Gasteiger partial charge in [0.2, 0.25) is 5.88 Å². The number of benzene rings is 1. The van der Waals surface area contributed by atoms with Crippen molar-refractivity contribution in [2.24, 2.45) is 0 Å². The first kappa shape index (κ1) is 18.0. The van der Waals surface area contributed by atoms with Crippen molar-refractivity contribution in [2.75, 3.05) is 13.7 Å². The van der Waals surface area contributed by atoms with Crippen molar-refractivity contribution in [2.45, 2.75) is 38.5 Å². The maximum Gasteiger partial charge on any atom is 0.410 e. The Hall–Kier alpha value is -2.76. The molecular formula is C20H24N2O4. The van der Waals surface area contributed by atoms with Crippen molar-refractivity contribution in [3.05, 3.63) is 54.2 Å². The van der Waals surface area contributed by atoms with Crippen LogP contribution in [0.1, 0.15) is 25.3 Å². The summed E-state index contributed by atoms with van der Waals surface area (Å²) in [6, 6.07) is 13.3. The average molecular weight is 356 g/mol. The van der Waals surface area contributed by atoms with E-state index in [1.165, 1.54) is 0 Å². The number of aromatic nitrogens is 1. The fraction of sp³-hybridized carbons (Fsp3) is 0.400. The van der Waals surface area contributed by atoms with Crippen molar-refractivity contribution < 1.29 is 19.0 Å². The molecule has 1 aromatic heterocycles. The van der Waals surface area contributed by atoms with Crippen LogP contribution in [0.25, 0.3) is 0 Å². The van der Waals surface area contributed by atoms with Gasteiger partial charge in [-0.25, -0.2) is 9.78 Å². The molecule has 1 fully saturated rings. The van der Waals surface area contributed by atoms with Gasteiger partial charge in [0.15, 0.2) is 0 Å². The summed E-state index contributed by atoms with van der Waals surface area (Å²) >= 11 is 0. The van der Waals surface area contributed by atoms with E-state index in [4.69, 9.17) is 14.2 Å². The lowest BCUT2D eigenvalue weighted by Crippen LogP contribution is -2.49. The zero-order chi connectivity index (χ0) is 18.4. The first-order valence-electron chi connectivity index (χ1n) is 8.79. The molecule has 0 N–H and O–H groups in total. The predicted octanol–water partition coefficient (Wildman–Crippen LogP) is 3.66. The number of pyridine rings is 1. The summed E-state index contributed by atoms with van der Waals surface area (Å²) < 4.78 is 16.6. The van der Waals surface area contributed by atoms with Gasteiger partial charge in [-0.2, -0.15) is 0 Å². The highest BCUT2D eigenvalue weighted by molar-refractivity contribution is 5.68. The quantitative estimate of drug-likeness (QED) is 0.818. The van der Waals surface area contributed by atoms with E-state index in [0.717, 1.165) is 18.4 Å². The number of methoxy groups -OCH3 is 1. The standard InChI is InChI=1S/C20H24N2O4/c1-15-8-9-18(26-19-12-17(24-2)10-11-21-19)13-22(15)20(23)25-14-16-6-4-3-5-7-16/h3-7,10-12,15,18H,8-9,13-14H2,1-2H3/t15-,18-/m1/s1. The summed E-state index contributed by atoms with van der Waals surface area (Å²) in [6.07, 6.45) is 2.94. The Morgan fingerprint density at radius 3 is 2.81 bits per heavy atom. The maximum absolute atomic E-state index is 12.5. The Balaban J connectivity index is 1.57. The van der Waals surface area contributed by atoms with E-state index in [2.05, 4.69) is 4.98 Å². The molecule has 1 amide bonds. The minimum absolute atomic E-state index is 0.116. The zero-order valence-corrected chi connectivity index (χ0v) is 15.1. The minimum atomic E-state index is -0.312. The predicted molar refractivity (Wildman–Crippen MR) is 97.2 cm³/mol. The molecule has 138 valence electrons. The van der Waals surface area contributed by atoms with Gasteiger partial charge in [0.1, 0.15) is 18.5 Å². The largest absolute Gasteiger partial charge is 0.497 e. The molecule has 1 aliphatic heterocycles. The van der Waals surface area contributed by atoms with Gasteiger partial charge in [0, 0.05) is 18.3 Å². The highest BCUT2D eigenvalue weighted by Crippen LogP contribution is 2.23. The molecule has 0 unspecified atom stereocenters. The van der Waals surface area contributed by atoms with Gasteiger partial charge in [0.25, 0.3) is 0 Å². The molecule has 26 heavy (non-hydrogen) atoms. The topological polar surface area (TPSA) is 60.9 Å². The molecule has 1 aromatic carbocycles. The minimum Gasteiger partial charge on any atom is -0.497 e. The molecule has 6 nitrogen and oxygen atoms in total. The van der Waals surface area contributed by atoms with Gasteiger partial charge in [-0.1, -0.05) is 30.3 Å². The lowest BCUT2D eigenvalue weighted by atomic mass is 10.0. The normalized spacial score (nSPS) is 19.7. The van der Waals surface area contributed by atoms with Crippen molar-refractivity contribution >= 4 is 6.09 Å². The Morgan fingerprint density at radius 1 is 1.23 bits per heavy atom. The second kappa shape index (κ2) is 8.56. The van der Waals surface area contributed by atoms with Crippen LogP contribution in [-0.4, -0.2) is 41.8 Å². The van der Waals surface area contributed by atoms with E-state index in [9.17, 15) is 4.79 Å². The Labute approximate surface area is 153 Å². The highest BCUT2D eigenvalue weighted by atomic mass is 16.6. The van der Waals surface area contributed by atoms with Gasteiger partial charge in [0.05, 0.1) is 13.7 Å². The number of hydrogen-bond donors (Lipinski definition) is 0. The molecule has 2 atom stereocenters. The van der Waals surface area contributed by atoms with Gasteiger partial charge in [-0.3, -0.25) is 0 Å². The van der Waals surface area contributed by atoms with Crippen molar-refractivity contribution in [1.29, 1.82) is 0 Å². The molecule has 0 radical (unpaired) electrons. The van der Waals surface area contributed by atoms with Gasteiger partial charge < -0.3 is 19.1 Å². The third kappa shape index (κ3) is 4.65. The molecule has 2 aromatic rings. The van der Waals surface area contributed by atoms with E-state index in [-0.39, 0.29) is 24.8 Å². The van der Waals surface area contributed by atoms with Crippen molar-refractivity contribution in [1.82, 2.24) is 9.88 Å². The summed E-state index contributed by atoms with van der Waals surface area (Å²) in [7, 11) is 1.60. The second-order valence-corrected chi connectivity index (χ2v) is 6.39. The van der Waals surface area contributed by atoms with Crippen LogP contribution in [0, 0.1) is 0 Å². The molecule has 2 heterocycles. The number of likely N-dealkylation sites (tertiary alicyclic amines) is 1. The van der Waals surface area contributed by atoms with Crippen LogP contribution in [0.15, 0.2) is 48.7 Å². The monoisotopic (exact) mass is 356 g/mol. The number of rotatable bonds is 5. The van der Waals surface area contributed by atoms with Gasteiger partial charge in [-0.05, 0) is 31.4 Å². The summed E-state index contributed by atoms with van der Waals surface area (Å²) in [5.74, 6) is 1.19. The van der Waals surface area contributed by atoms with E-state index < -0.39 is 0 Å². The SMILES string of the molecule is COc1ccnc(O[C@@H]2CC[C@@H](C)N(C(=O)OCc3ccccc3)C2)c1. The third-order valence-electron chi connectivity index (χ3n) is 4.51. The highest BCUT2D eigenvalue weighted by Gasteiger charge is 2.31. The Bertz CT molecular complexity index is 723. The molecule has 0 saturated carbocycles. The lowest BCUT2D eigenvalue weighted by molar-refractivity contribution is 0.0323. The van der Waals surface area contributed by atoms with E-state index in [0.29, 0.717) is 18.2 Å². The van der Waals surface area contributed by atoms with Crippen LogP contribution in [0.2, 0.25) is 0 Å². The third-order valence-corrected chi connectivity index (χ3v) is 4.51. The maximum atomic E-state index is 12.5. The summed E-state index contributed by atoms with van der Waals surface area (Å²) in [5.41, 5.74) is 0.971. The van der Waals surface area contributed by atoms with Crippen LogP contribution < -0.4 is 9.47 Å². The molecular weight excluding hydrogens is 332 g/mol. The number of amides is 1. The number of piperidine rings is 1. The lowest BCUT2D eigenvalue weighted by Gasteiger charge is -2.36. The number of carbonyl (C=O) groups is 1. The van der Waals surface area contributed by atoms with Gasteiger partial charge >= 0.3 is 6.09 Å². The van der Waals surface area contributed by atoms with Crippen molar-refractivity contribution in [3.63, 3.8) is 0 Å². The summed E-state index contributed by atoms with van der Waals surface area (Å²) in [6.45, 7) is 2.78. The fourth-order valence-electron chi connectivity index (χ4n) is 2.98.